The van der Waals surface area contributed by atoms with Crippen LogP contribution in [0.4, 0.5) is 0 Å². The number of hydrogen-bond acceptors (Lipinski definition) is 0. The summed E-state index contributed by atoms with van der Waals surface area (Å²) >= 11 is 0. The van der Waals surface area contributed by atoms with Crippen molar-refractivity contribution >= 4 is 0 Å². The minimum absolute atomic E-state index is 0.641. The average molecular weight is 111 g/mol. The van der Waals surface area contributed by atoms with Crippen molar-refractivity contribution in [3.8, 4) is 11.8 Å². The third-order valence-corrected chi connectivity index (χ3v) is 1.16. The Labute approximate surface area is 55.5 Å². The molecule has 1 aliphatic rings. The number of rotatable bonds is 0. The van der Waals surface area contributed by atoms with Crippen molar-refractivity contribution in [3.05, 3.63) is 0 Å². The quantitative estimate of drug-likeness (QED) is 0.421. The van der Waals surface area contributed by atoms with Crippen molar-refractivity contribution in [2.24, 2.45) is 0 Å². The van der Waals surface area contributed by atoms with Gasteiger partial charge in [0.2, 0.25) is 0 Å². The van der Waals surface area contributed by atoms with Crippen LogP contribution in [0.3, 0.4) is 0 Å². The highest BCUT2D eigenvalue weighted by Crippen LogP contribution is 2.06. The van der Waals surface area contributed by atoms with Gasteiger partial charge in [0.25, 0.3) is 0 Å². The zero-order valence-corrected chi connectivity index (χ0v) is 4.91. The molecular weight excluding hydrogens is 96.1 g/mol. The van der Waals surface area contributed by atoms with E-state index in [-0.39, 0.29) is 0 Å². The van der Waals surface area contributed by atoms with Gasteiger partial charge in [-0.2, -0.15) is 0 Å². The molecule has 8 heavy (non-hydrogen) atoms. The Kier molecular flexibility index (Phi) is 1.29. The molecule has 0 heterocycles. The van der Waals surface area contributed by atoms with E-state index in [2.05, 4.69) is 11.8 Å². The molecular formula is C8H12. The molecule has 0 spiro atoms. The summed E-state index contributed by atoms with van der Waals surface area (Å²) in [6.45, 7) is 0. The molecule has 44 valence electrons. The molecule has 0 nitrogen and oxygen atoms in total. The molecule has 0 aromatic rings. The molecule has 1 aliphatic carbocycles. The summed E-state index contributed by atoms with van der Waals surface area (Å²) in [4.78, 5) is 0. The van der Waals surface area contributed by atoms with Crippen LogP contribution in [-0.4, -0.2) is 0 Å². The molecule has 1 rings (SSSR count). The standard InChI is InChI=1S/C8H12/c1-2-4-6-8-7-5-3-1/h1-6H2/i3D,5D2. The maximum absolute atomic E-state index is 7.43. The van der Waals surface area contributed by atoms with Gasteiger partial charge >= 0.3 is 0 Å². The second-order valence-electron chi connectivity index (χ2n) is 1.90. The Morgan fingerprint density at radius 1 is 1.12 bits per heavy atom. The zero-order chi connectivity index (χ0) is 8.32. The molecule has 0 radical (unpaired) electrons. The van der Waals surface area contributed by atoms with Gasteiger partial charge in [0, 0.05) is 16.9 Å². The smallest absolute Gasteiger partial charge is 0.0402 e. The van der Waals surface area contributed by atoms with Crippen LogP contribution in [0.1, 0.15) is 42.6 Å². The monoisotopic (exact) mass is 111 g/mol. The Hall–Kier alpha value is -0.440. The van der Waals surface area contributed by atoms with Gasteiger partial charge in [-0.05, 0) is 12.8 Å². The summed E-state index contributed by atoms with van der Waals surface area (Å²) < 4.78 is 22.2. The molecule has 0 amide bonds. The van der Waals surface area contributed by atoms with Crippen molar-refractivity contribution in [1.29, 1.82) is 0 Å². The SMILES string of the molecule is [2H]C1CCCCC#CC1([2H])[2H]. The predicted molar refractivity (Wildman–Crippen MR) is 35.5 cm³/mol. The molecule has 0 heteroatoms. The molecule has 0 aromatic carbocycles. The van der Waals surface area contributed by atoms with E-state index in [9.17, 15) is 0 Å². The van der Waals surface area contributed by atoms with Crippen molar-refractivity contribution in [2.45, 2.75) is 38.5 Å². The molecule has 0 aromatic heterocycles. The summed E-state index contributed by atoms with van der Waals surface area (Å²) in [5.41, 5.74) is 0. The van der Waals surface area contributed by atoms with E-state index in [4.69, 9.17) is 4.11 Å². The van der Waals surface area contributed by atoms with E-state index in [1.54, 1.807) is 0 Å². The Morgan fingerprint density at radius 2 is 2.12 bits per heavy atom. The summed E-state index contributed by atoms with van der Waals surface area (Å²) in [5, 5.41) is 0. The van der Waals surface area contributed by atoms with Crippen LogP contribution in [0.2, 0.25) is 0 Å². The lowest BCUT2D eigenvalue weighted by Gasteiger charge is -1.97. The third kappa shape index (κ3) is 2.02. The Bertz CT molecular complexity index is 187. The minimum Gasteiger partial charge on any atom is -0.103 e. The summed E-state index contributed by atoms with van der Waals surface area (Å²) in [5.74, 6) is 5.27. The fraction of sp³-hybridized carbons (Fsp3) is 0.750. The van der Waals surface area contributed by atoms with Crippen molar-refractivity contribution in [1.82, 2.24) is 0 Å². The van der Waals surface area contributed by atoms with E-state index in [0.29, 0.717) is 6.42 Å². The summed E-state index contributed by atoms with van der Waals surface area (Å²) in [6, 6.07) is 0. The Balaban J connectivity index is 2.71. The highest BCUT2D eigenvalue weighted by Gasteiger charge is 1.89. The van der Waals surface area contributed by atoms with Crippen molar-refractivity contribution in [2.75, 3.05) is 0 Å². The lowest BCUT2D eigenvalue weighted by molar-refractivity contribution is 0.652. The fourth-order valence-electron chi connectivity index (χ4n) is 0.697. The van der Waals surface area contributed by atoms with Crippen LogP contribution in [0.25, 0.3) is 0 Å². The van der Waals surface area contributed by atoms with Gasteiger partial charge in [-0.15, -0.1) is 11.8 Å². The molecule has 1 unspecified atom stereocenters. The fourth-order valence-corrected chi connectivity index (χ4v) is 0.697. The van der Waals surface area contributed by atoms with Crippen LogP contribution in [0.5, 0.6) is 0 Å². The van der Waals surface area contributed by atoms with Gasteiger partial charge < -0.3 is 0 Å². The van der Waals surface area contributed by atoms with Gasteiger partial charge in [-0.25, -0.2) is 0 Å². The maximum Gasteiger partial charge on any atom is 0.0402 e. The molecule has 0 fully saturated rings. The zero-order valence-electron chi connectivity index (χ0n) is 7.91. The third-order valence-electron chi connectivity index (χ3n) is 1.16. The van der Waals surface area contributed by atoms with Gasteiger partial charge in [-0.1, -0.05) is 12.8 Å². The lowest BCUT2D eigenvalue weighted by Crippen LogP contribution is -1.80. The van der Waals surface area contributed by atoms with Crippen LogP contribution in [0.15, 0.2) is 0 Å². The predicted octanol–water partition coefficient (Wildman–Crippen LogP) is 2.34. The normalized spacial score (nSPS) is 41.0. The van der Waals surface area contributed by atoms with Gasteiger partial charge in [0.05, 0.1) is 0 Å². The number of hydrogen-bond donors (Lipinski definition) is 0. The lowest BCUT2D eigenvalue weighted by atomic mass is 10.1. The first kappa shape index (κ1) is 2.92. The minimum atomic E-state index is -1.58. The van der Waals surface area contributed by atoms with Gasteiger partial charge in [0.15, 0.2) is 0 Å². The van der Waals surface area contributed by atoms with Gasteiger partial charge in [-0.3, -0.25) is 0 Å². The molecule has 0 aliphatic heterocycles. The molecule has 0 N–H and O–H groups in total. The first-order valence-electron chi connectivity index (χ1n) is 4.63. The van der Waals surface area contributed by atoms with Crippen molar-refractivity contribution in [3.63, 3.8) is 0 Å². The van der Waals surface area contributed by atoms with E-state index < -0.39 is 12.8 Å². The van der Waals surface area contributed by atoms with E-state index in [1.165, 1.54) is 0 Å². The van der Waals surface area contributed by atoms with Crippen LogP contribution >= 0.6 is 0 Å². The van der Waals surface area contributed by atoms with Crippen molar-refractivity contribution < 1.29 is 4.11 Å². The van der Waals surface area contributed by atoms with E-state index >= 15 is 0 Å². The van der Waals surface area contributed by atoms with Crippen LogP contribution in [-0.2, 0) is 0 Å². The summed E-state index contributed by atoms with van der Waals surface area (Å²) in [6.07, 6.45) is 1.13. The van der Waals surface area contributed by atoms with E-state index in [1.807, 2.05) is 0 Å². The first-order chi connectivity index (χ1) is 5.13. The van der Waals surface area contributed by atoms with E-state index in [0.717, 1.165) is 19.3 Å². The molecule has 0 saturated carbocycles. The molecule has 0 saturated heterocycles. The summed E-state index contributed by atoms with van der Waals surface area (Å²) in [7, 11) is 0. The molecule has 1 atom stereocenters. The topological polar surface area (TPSA) is 0 Å². The maximum atomic E-state index is 7.43. The molecule has 0 bridgehead atoms. The van der Waals surface area contributed by atoms with Gasteiger partial charge in [0.1, 0.15) is 0 Å². The highest BCUT2D eigenvalue weighted by atomic mass is 13.9. The Morgan fingerprint density at radius 3 is 3.12 bits per heavy atom. The van der Waals surface area contributed by atoms with Crippen LogP contribution < -0.4 is 0 Å². The second-order valence-corrected chi connectivity index (χ2v) is 1.90. The average Bonchev–Trinajstić information content (AvgIpc) is 1.93. The van der Waals surface area contributed by atoms with Crippen LogP contribution in [0, 0.1) is 11.8 Å². The first-order valence-corrected chi connectivity index (χ1v) is 3.05. The second kappa shape index (κ2) is 3.55. The largest absolute Gasteiger partial charge is 0.103 e. The highest BCUT2D eigenvalue weighted by molar-refractivity contribution is 4.99.